The molecule has 1 atom stereocenters. The number of hydrogen-bond acceptors (Lipinski definition) is 2. The number of halogens is 4. The fraction of sp³-hybridized carbons (Fsp3) is 0.429. The molecule has 0 saturated heterocycles. The minimum absolute atomic E-state index is 0.216. The van der Waals surface area contributed by atoms with E-state index < -0.39 is 12.2 Å². The molecule has 1 aromatic rings. The number of alkyl halides is 3. The molecule has 0 aliphatic heterocycles. The number of hydrogen-bond donors (Lipinski definition) is 1. The number of nitrogens with two attached hydrogens (primary N) is 1. The Morgan fingerprint density at radius 2 is 2.15 bits per heavy atom. The fourth-order valence-electron chi connectivity index (χ4n) is 0.822. The minimum Gasteiger partial charge on any atom is -0.320 e. The molecule has 74 valence electrons. The molecule has 1 heterocycles. The number of rotatable bonds is 2. The Hall–Kier alpha value is -0.260. The summed E-state index contributed by atoms with van der Waals surface area (Å²) in [5, 5.41) is 1.58. The van der Waals surface area contributed by atoms with E-state index in [2.05, 4.69) is 0 Å². The Kier molecular flexibility index (Phi) is 3.21. The summed E-state index contributed by atoms with van der Waals surface area (Å²) >= 11 is 6.75. The Balaban J connectivity index is 2.60. The standard InChI is InChI=1S/C7H7ClF3NS/c8-6-2-4(3-13-6)1-5(12)7(9,10)11/h2-3,5H,1,12H2. The lowest BCUT2D eigenvalue weighted by molar-refractivity contribution is -0.147. The van der Waals surface area contributed by atoms with Crippen LogP contribution >= 0.6 is 22.9 Å². The molecule has 0 spiro atoms. The highest BCUT2D eigenvalue weighted by molar-refractivity contribution is 7.14. The average molecular weight is 230 g/mol. The summed E-state index contributed by atoms with van der Waals surface area (Å²) in [6.07, 6.45) is -4.55. The highest BCUT2D eigenvalue weighted by Crippen LogP contribution is 2.25. The van der Waals surface area contributed by atoms with Gasteiger partial charge < -0.3 is 5.73 Å². The van der Waals surface area contributed by atoms with Gasteiger partial charge in [0.2, 0.25) is 0 Å². The van der Waals surface area contributed by atoms with Gasteiger partial charge in [-0.3, -0.25) is 0 Å². The zero-order chi connectivity index (χ0) is 10.1. The van der Waals surface area contributed by atoms with Crippen molar-refractivity contribution in [2.45, 2.75) is 18.6 Å². The van der Waals surface area contributed by atoms with Crippen molar-refractivity contribution in [2.75, 3.05) is 0 Å². The van der Waals surface area contributed by atoms with E-state index >= 15 is 0 Å². The maximum absolute atomic E-state index is 12.0. The molecule has 1 unspecified atom stereocenters. The van der Waals surface area contributed by atoms with E-state index in [0.29, 0.717) is 9.90 Å². The van der Waals surface area contributed by atoms with E-state index in [4.69, 9.17) is 17.3 Å². The second kappa shape index (κ2) is 3.86. The first-order chi connectivity index (χ1) is 5.89. The van der Waals surface area contributed by atoms with Crippen LogP contribution in [-0.4, -0.2) is 12.2 Å². The van der Waals surface area contributed by atoms with Gasteiger partial charge in [0.05, 0.1) is 4.34 Å². The first-order valence-electron chi connectivity index (χ1n) is 3.45. The van der Waals surface area contributed by atoms with Gasteiger partial charge in [0.1, 0.15) is 6.04 Å². The topological polar surface area (TPSA) is 26.0 Å². The molecular formula is C7H7ClF3NS. The Bertz CT molecular complexity index is 284. The van der Waals surface area contributed by atoms with E-state index in [9.17, 15) is 13.2 Å². The van der Waals surface area contributed by atoms with Crippen LogP contribution in [0.15, 0.2) is 11.4 Å². The molecular weight excluding hydrogens is 223 g/mol. The van der Waals surface area contributed by atoms with E-state index in [-0.39, 0.29) is 6.42 Å². The highest BCUT2D eigenvalue weighted by atomic mass is 35.5. The van der Waals surface area contributed by atoms with Crippen LogP contribution in [0.5, 0.6) is 0 Å². The van der Waals surface area contributed by atoms with Crippen molar-refractivity contribution >= 4 is 22.9 Å². The van der Waals surface area contributed by atoms with Crippen molar-refractivity contribution in [3.05, 3.63) is 21.3 Å². The van der Waals surface area contributed by atoms with Gasteiger partial charge in [-0.25, -0.2) is 0 Å². The van der Waals surface area contributed by atoms with Crippen molar-refractivity contribution in [3.63, 3.8) is 0 Å². The summed E-state index contributed by atoms with van der Waals surface area (Å²) < 4.78 is 36.4. The molecule has 0 fully saturated rings. The maximum Gasteiger partial charge on any atom is 0.403 e. The van der Waals surface area contributed by atoms with Crippen LogP contribution in [0, 0.1) is 0 Å². The smallest absolute Gasteiger partial charge is 0.320 e. The van der Waals surface area contributed by atoms with E-state index in [0.717, 1.165) is 0 Å². The van der Waals surface area contributed by atoms with Crippen molar-refractivity contribution in [2.24, 2.45) is 5.73 Å². The normalized spacial score (nSPS) is 14.5. The number of thiophene rings is 1. The molecule has 0 saturated carbocycles. The highest BCUT2D eigenvalue weighted by Gasteiger charge is 2.36. The van der Waals surface area contributed by atoms with E-state index in [1.165, 1.54) is 17.4 Å². The lowest BCUT2D eigenvalue weighted by atomic mass is 10.1. The van der Waals surface area contributed by atoms with Crippen LogP contribution < -0.4 is 5.73 Å². The summed E-state index contributed by atoms with van der Waals surface area (Å²) in [6.45, 7) is 0. The zero-order valence-corrected chi connectivity index (χ0v) is 8.01. The van der Waals surface area contributed by atoms with Gasteiger partial charge in [0.15, 0.2) is 0 Å². The van der Waals surface area contributed by atoms with Crippen LogP contribution in [0.3, 0.4) is 0 Å². The summed E-state index contributed by atoms with van der Waals surface area (Å²) in [5.41, 5.74) is 5.46. The predicted octanol–water partition coefficient (Wildman–Crippen LogP) is 2.83. The molecule has 0 radical (unpaired) electrons. The Morgan fingerprint density at radius 3 is 2.54 bits per heavy atom. The zero-order valence-electron chi connectivity index (χ0n) is 6.44. The molecule has 2 N–H and O–H groups in total. The van der Waals surface area contributed by atoms with Gasteiger partial charge in [-0.1, -0.05) is 11.6 Å². The maximum atomic E-state index is 12.0. The first kappa shape index (κ1) is 10.8. The van der Waals surface area contributed by atoms with Crippen molar-refractivity contribution in [1.82, 2.24) is 0 Å². The van der Waals surface area contributed by atoms with Gasteiger partial charge in [-0.15, -0.1) is 11.3 Å². The summed E-state index contributed by atoms with van der Waals surface area (Å²) in [5.74, 6) is 0. The van der Waals surface area contributed by atoms with Gasteiger partial charge in [-0.05, 0) is 23.4 Å². The second-order valence-corrected chi connectivity index (χ2v) is 4.15. The van der Waals surface area contributed by atoms with Gasteiger partial charge >= 0.3 is 6.18 Å². The Labute approximate surface area is 82.3 Å². The van der Waals surface area contributed by atoms with Crippen LogP contribution in [0.2, 0.25) is 4.34 Å². The molecule has 1 nitrogen and oxygen atoms in total. The molecule has 0 aromatic carbocycles. The van der Waals surface area contributed by atoms with E-state index in [1.807, 2.05) is 0 Å². The van der Waals surface area contributed by atoms with Crippen LogP contribution in [0.4, 0.5) is 13.2 Å². The molecule has 0 aliphatic rings. The third-order valence-electron chi connectivity index (χ3n) is 1.50. The molecule has 0 aliphatic carbocycles. The lowest BCUT2D eigenvalue weighted by Crippen LogP contribution is -2.38. The molecule has 6 heteroatoms. The predicted molar refractivity (Wildman–Crippen MR) is 47.1 cm³/mol. The minimum atomic E-state index is -4.34. The summed E-state index contributed by atoms with van der Waals surface area (Å²) in [6, 6.07) is -0.309. The lowest BCUT2D eigenvalue weighted by Gasteiger charge is -2.14. The van der Waals surface area contributed by atoms with Crippen LogP contribution in [0.1, 0.15) is 5.56 Å². The van der Waals surface area contributed by atoms with Crippen molar-refractivity contribution in [1.29, 1.82) is 0 Å². The largest absolute Gasteiger partial charge is 0.403 e. The summed E-state index contributed by atoms with van der Waals surface area (Å²) in [4.78, 5) is 0. The third kappa shape index (κ3) is 3.17. The average Bonchev–Trinajstić information content (AvgIpc) is 2.33. The molecule has 1 aromatic heterocycles. The molecule has 0 bridgehead atoms. The monoisotopic (exact) mass is 229 g/mol. The van der Waals surface area contributed by atoms with Gasteiger partial charge in [0, 0.05) is 0 Å². The summed E-state index contributed by atoms with van der Waals surface area (Å²) in [7, 11) is 0. The fourth-order valence-corrected chi connectivity index (χ4v) is 1.74. The SMILES string of the molecule is NC(Cc1csc(Cl)c1)C(F)(F)F. The van der Waals surface area contributed by atoms with Gasteiger partial charge in [-0.2, -0.15) is 13.2 Å². The first-order valence-corrected chi connectivity index (χ1v) is 4.70. The van der Waals surface area contributed by atoms with Gasteiger partial charge in [0.25, 0.3) is 0 Å². The molecule has 1 rings (SSSR count). The quantitative estimate of drug-likeness (QED) is 0.829. The van der Waals surface area contributed by atoms with Crippen LogP contribution in [0.25, 0.3) is 0 Å². The van der Waals surface area contributed by atoms with Crippen molar-refractivity contribution < 1.29 is 13.2 Å². The molecule has 13 heavy (non-hydrogen) atoms. The van der Waals surface area contributed by atoms with Crippen molar-refractivity contribution in [3.8, 4) is 0 Å². The van der Waals surface area contributed by atoms with E-state index in [1.54, 1.807) is 5.38 Å². The van der Waals surface area contributed by atoms with Crippen LogP contribution in [-0.2, 0) is 6.42 Å². The molecule has 0 amide bonds. The Morgan fingerprint density at radius 1 is 1.54 bits per heavy atom. The third-order valence-corrected chi connectivity index (χ3v) is 2.64. The second-order valence-electron chi connectivity index (χ2n) is 2.61.